The zero-order valence-corrected chi connectivity index (χ0v) is 6.20. The predicted octanol–water partition coefficient (Wildman–Crippen LogP) is -1.03. The molecule has 5 heteroatoms. The van der Waals surface area contributed by atoms with E-state index in [2.05, 4.69) is 0 Å². The standard InChI is InChI=1S/C6H10N2O3/c1-4(9)8-2-5(3-8)6(10)7-11/h5,11H,2-3H2,1H3,(H,7,10). The van der Waals surface area contributed by atoms with Crippen LogP contribution in [0.15, 0.2) is 0 Å². The minimum atomic E-state index is -0.414. The van der Waals surface area contributed by atoms with Crippen molar-refractivity contribution < 1.29 is 14.8 Å². The second-order valence-electron chi connectivity index (χ2n) is 2.60. The van der Waals surface area contributed by atoms with Gasteiger partial charge in [0.2, 0.25) is 11.8 Å². The summed E-state index contributed by atoms with van der Waals surface area (Å²) in [6.07, 6.45) is 0. The highest BCUT2D eigenvalue weighted by Crippen LogP contribution is 2.14. The van der Waals surface area contributed by atoms with Gasteiger partial charge in [0.25, 0.3) is 0 Å². The lowest BCUT2D eigenvalue weighted by molar-refractivity contribution is -0.145. The van der Waals surface area contributed by atoms with Crippen LogP contribution in [0.2, 0.25) is 0 Å². The van der Waals surface area contributed by atoms with Crippen molar-refractivity contribution in [3.8, 4) is 0 Å². The smallest absolute Gasteiger partial charge is 0.250 e. The number of amides is 2. The van der Waals surface area contributed by atoms with E-state index in [1.807, 2.05) is 0 Å². The number of likely N-dealkylation sites (tertiary alicyclic amines) is 1. The molecule has 1 aliphatic heterocycles. The topological polar surface area (TPSA) is 69.6 Å². The molecule has 0 aromatic rings. The highest BCUT2D eigenvalue weighted by Gasteiger charge is 2.33. The highest BCUT2D eigenvalue weighted by atomic mass is 16.5. The molecule has 5 nitrogen and oxygen atoms in total. The van der Waals surface area contributed by atoms with E-state index in [0.29, 0.717) is 13.1 Å². The molecule has 0 aromatic heterocycles. The van der Waals surface area contributed by atoms with Crippen molar-refractivity contribution in [2.45, 2.75) is 6.92 Å². The van der Waals surface area contributed by atoms with Crippen LogP contribution < -0.4 is 5.48 Å². The van der Waals surface area contributed by atoms with E-state index in [0.717, 1.165) is 0 Å². The van der Waals surface area contributed by atoms with Crippen molar-refractivity contribution in [2.24, 2.45) is 5.92 Å². The number of nitrogens with one attached hydrogen (secondary N) is 1. The molecule has 1 fully saturated rings. The second kappa shape index (κ2) is 2.87. The molecule has 0 saturated carbocycles. The summed E-state index contributed by atoms with van der Waals surface area (Å²) in [6.45, 7) is 2.29. The van der Waals surface area contributed by atoms with Gasteiger partial charge in [-0.05, 0) is 0 Å². The van der Waals surface area contributed by atoms with Crippen molar-refractivity contribution in [3.63, 3.8) is 0 Å². The molecule has 1 aliphatic rings. The first-order valence-electron chi connectivity index (χ1n) is 3.34. The molecule has 2 amide bonds. The van der Waals surface area contributed by atoms with Gasteiger partial charge in [-0.15, -0.1) is 0 Å². The van der Waals surface area contributed by atoms with E-state index in [9.17, 15) is 9.59 Å². The number of rotatable bonds is 1. The summed E-state index contributed by atoms with van der Waals surface area (Å²) < 4.78 is 0. The number of nitrogens with zero attached hydrogens (tertiary/aromatic N) is 1. The second-order valence-corrected chi connectivity index (χ2v) is 2.60. The van der Waals surface area contributed by atoms with Crippen LogP contribution in [-0.4, -0.2) is 35.0 Å². The number of hydrogen-bond acceptors (Lipinski definition) is 3. The third-order valence-corrected chi connectivity index (χ3v) is 1.81. The van der Waals surface area contributed by atoms with Gasteiger partial charge >= 0.3 is 0 Å². The first-order chi connectivity index (χ1) is 5.15. The molecular weight excluding hydrogens is 148 g/mol. The zero-order chi connectivity index (χ0) is 8.43. The molecule has 0 aromatic carbocycles. The van der Waals surface area contributed by atoms with Gasteiger partial charge in [-0.25, -0.2) is 5.48 Å². The Kier molecular flexibility index (Phi) is 2.09. The van der Waals surface area contributed by atoms with Crippen molar-refractivity contribution in [2.75, 3.05) is 13.1 Å². The quantitative estimate of drug-likeness (QED) is 0.378. The van der Waals surface area contributed by atoms with Gasteiger partial charge in [0.05, 0.1) is 5.92 Å². The average Bonchev–Trinajstić information content (AvgIpc) is 1.83. The maximum atomic E-state index is 10.7. The van der Waals surface area contributed by atoms with E-state index in [1.54, 1.807) is 10.4 Å². The van der Waals surface area contributed by atoms with Gasteiger partial charge in [0, 0.05) is 20.0 Å². The summed E-state index contributed by atoms with van der Waals surface area (Å²) in [5, 5.41) is 8.19. The van der Waals surface area contributed by atoms with Crippen LogP contribution in [-0.2, 0) is 9.59 Å². The Hall–Kier alpha value is -1.10. The third kappa shape index (κ3) is 1.48. The highest BCUT2D eigenvalue weighted by molar-refractivity contribution is 5.82. The average molecular weight is 158 g/mol. The van der Waals surface area contributed by atoms with Crippen LogP contribution in [0.5, 0.6) is 0 Å². The third-order valence-electron chi connectivity index (χ3n) is 1.81. The van der Waals surface area contributed by atoms with Crippen molar-refractivity contribution >= 4 is 11.8 Å². The number of hydroxylamine groups is 1. The molecule has 62 valence electrons. The lowest BCUT2D eigenvalue weighted by Crippen LogP contribution is -2.54. The lowest BCUT2D eigenvalue weighted by atomic mass is 10.00. The molecule has 11 heavy (non-hydrogen) atoms. The first kappa shape index (κ1) is 8.00. The first-order valence-corrected chi connectivity index (χ1v) is 3.34. The van der Waals surface area contributed by atoms with E-state index in [1.165, 1.54) is 6.92 Å². The molecule has 0 bridgehead atoms. The zero-order valence-electron chi connectivity index (χ0n) is 6.20. The van der Waals surface area contributed by atoms with Crippen molar-refractivity contribution in [3.05, 3.63) is 0 Å². The molecule has 0 atom stereocenters. The minimum absolute atomic E-state index is 0.0352. The summed E-state index contributed by atoms with van der Waals surface area (Å²) in [6, 6.07) is 0. The van der Waals surface area contributed by atoms with Crippen molar-refractivity contribution in [1.29, 1.82) is 0 Å². The van der Waals surface area contributed by atoms with Gasteiger partial charge < -0.3 is 4.90 Å². The number of carbonyl (C=O) groups excluding carboxylic acids is 2. The number of carbonyl (C=O) groups is 2. The number of hydrogen-bond donors (Lipinski definition) is 2. The van der Waals surface area contributed by atoms with Crippen LogP contribution in [0.3, 0.4) is 0 Å². The van der Waals surface area contributed by atoms with Gasteiger partial charge in [-0.1, -0.05) is 0 Å². The monoisotopic (exact) mass is 158 g/mol. The fourth-order valence-electron chi connectivity index (χ4n) is 0.993. The molecule has 0 radical (unpaired) electrons. The summed E-state index contributed by atoms with van der Waals surface area (Å²) in [5.41, 5.74) is 1.55. The Bertz CT molecular complexity index is 186. The maximum Gasteiger partial charge on any atom is 0.250 e. The normalized spacial score (nSPS) is 17.5. The van der Waals surface area contributed by atoms with E-state index < -0.39 is 5.91 Å². The largest absolute Gasteiger partial charge is 0.341 e. The Morgan fingerprint density at radius 3 is 2.45 bits per heavy atom. The Labute approximate surface area is 63.9 Å². The lowest BCUT2D eigenvalue weighted by Gasteiger charge is -2.36. The van der Waals surface area contributed by atoms with Gasteiger partial charge in [0.1, 0.15) is 0 Å². The van der Waals surface area contributed by atoms with Gasteiger partial charge in [-0.2, -0.15) is 0 Å². The van der Waals surface area contributed by atoms with Crippen LogP contribution in [0.4, 0.5) is 0 Å². The Morgan fingerprint density at radius 1 is 1.55 bits per heavy atom. The van der Waals surface area contributed by atoms with E-state index in [-0.39, 0.29) is 11.8 Å². The van der Waals surface area contributed by atoms with Crippen LogP contribution in [0.25, 0.3) is 0 Å². The molecule has 0 unspecified atom stereocenters. The molecule has 1 rings (SSSR count). The fraction of sp³-hybridized carbons (Fsp3) is 0.667. The van der Waals surface area contributed by atoms with E-state index >= 15 is 0 Å². The van der Waals surface area contributed by atoms with Crippen LogP contribution in [0, 0.1) is 5.92 Å². The van der Waals surface area contributed by atoms with Crippen molar-refractivity contribution in [1.82, 2.24) is 10.4 Å². The summed E-state index contributed by atoms with van der Waals surface area (Å²) >= 11 is 0. The fourth-order valence-corrected chi connectivity index (χ4v) is 0.993. The molecule has 1 saturated heterocycles. The summed E-state index contributed by atoms with van der Waals surface area (Å²) in [4.78, 5) is 22.8. The summed E-state index contributed by atoms with van der Waals surface area (Å²) in [7, 11) is 0. The predicted molar refractivity (Wildman–Crippen MR) is 35.7 cm³/mol. The van der Waals surface area contributed by atoms with Crippen LogP contribution >= 0.6 is 0 Å². The molecular formula is C6H10N2O3. The van der Waals surface area contributed by atoms with Crippen LogP contribution in [0.1, 0.15) is 6.92 Å². The molecule has 2 N–H and O–H groups in total. The molecule has 1 heterocycles. The maximum absolute atomic E-state index is 10.7. The minimum Gasteiger partial charge on any atom is -0.341 e. The summed E-state index contributed by atoms with van der Waals surface area (Å²) in [5.74, 6) is -0.682. The van der Waals surface area contributed by atoms with Gasteiger partial charge in [0.15, 0.2) is 0 Å². The Morgan fingerprint density at radius 2 is 2.09 bits per heavy atom. The Balaban J connectivity index is 2.29. The molecule has 0 spiro atoms. The van der Waals surface area contributed by atoms with Gasteiger partial charge in [-0.3, -0.25) is 14.8 Å². The SMILES string of the molecule is CC(=O)N1CC(C(=O)NO)C1. The molecule has 0 aliphatic carbocycles. The van der Waals surface area contributed by atoms with E-state index in [4.69, 9.17) is 5.21 Å².